The third-order valence-corrected chi connectivity index (χ3v) is 15.2. The second-order valence-electron chi connectivity index (χ2n) is 20.6. The Morgan fingerprint density at radius 3 is 1.03 bits per heavy atom. The summed E-state index contributed by atoms with van der Waals surface area (Å²) in [5, 5.41) is 29.1. The van der Waals surface area contributed by atoms with Crippen LogP contribution in [0.25, 0.3) is 77.2 Å². The molecule has 0 radical (unpaired) electrons. The van der Waals surface area contributed by atoms with Crippen molar-refractivity contribution in [1.82, 2.24) is 9.13 Å². The first kappa shape index (κ1) is 54.0. The van der Waals surface area contributed by atoms with Crippen molar-refractivity contribution in [2.75, 3.05) is 13.2 Å². The van der Waals surface area contributed by atoms with Crippen LogP contribution in [0.3, 0.4) is 0 Å². The van der Waals surface area contributed by atoms with E-state index in [4.69, 9.17) is 9.47 Å². The third kappa shape index (κ3) is 11.5. The van der Waals surface area contributed by atoms with Crippen LogP contribution in [0.1, 0.15) is 47.9 Å². The van der Waals surface area contributed by atoms with Crippen molar-refractivity contribution in [2.24, 2.45) is 11.8 Å². The van der Waals surface area contributed by atoms with E-state index in [1.165, 1.54) is 12.8 Å². The van der Waals surface area contributed by atoms with Crippen LogP contribution in [0.2, 0.25) is 0 Å². The third-order valence-electron chi connectivity index (χ3n) is 15.2. The first-order chi connectivity index (χ1) is 38.2. The van der Waals surface area contributed by atoms with Gasteiger partial charge in [-0.05, 0) is 98.5 Å². The number of aryl methyl sites for hydroxylation is 2. The molecule has 1 aliphatic rings. The Kier molecular flexibility index (Phi) is 16.8. The van der Waals surface area contributed by atoms with Gasteiger partial charge in [-0.1, -0.05) is 122 Å². The van der Waals surface area contributed by atoms with E-state index in [0.717, 1.165) is 124 Å². The number of fused-ring (bicyclic) bond motifs is 6. The summed E-state index contributed by atoms with van der Waals surface area (Å²) in [4.78, 5) is 0. The molecule has 2 aromatic heterocycles. The Balaban J connectivity index is 0.000000410. The van der Waals surface area contributed by atoms with Crippen LogP contribution >= 0.6 is 0 Å². The fourth-order valence-corrected chi connectivity index (χ4v) is 11.5. The molecule has 2 heterocycles. The van der Waals surface area contributed by atoms with Crippen molar-refractivity contribution in [3.8, 4) is 56.6 Å². The fourth-order valence-electron chi connectivity index (χ4n) is 11.5. The van der Waals surface area contributed by atoms with Gasteiger partial charge in [-0.2, -0.15) is 49.2 Å². The van der Waals surface area contributed by atoms with Crippen LogP contribution in [-0.2, 0) is 26.2 Å². The number of rotatable bonds is 10. The van der Waals surface area contributed by atoms with Crippen LogP contribution in [-0.4, -0.2) is 42.0 Å². The summed E-state index contributed by atoms with van der Waals surface area (Å²) < 4.78 is 15.1. The van der Waals surface area contributed by atoms with Gasteiger partial charge in [0, 0.05) is 56.6 Å². The first-order valence-corrected chi connectivity index (χ1v) is 27.1. The second kappa shape index (κ2) is 24.5. The van der Waals surface area contributed by atoms with E-state index < -0.39 is 0 Å². The van der Waals surface area contributed by atoms with E-state index in [-0.39, 0.29) is 37.7 Å². The molecular formula is C72H66N2O4Zr+2. The Hall–Kier alpha value is -8.38. The zero-order valence-electron chi connectivity index (χ0n) is 44.9. The SMILES string of the molecule is Cc1cc(-c2ccccc2[OH+]CC2CCCCC2C[OH+]c2ccccc2-c2cc(C)cc(-n3c4ccccc4c4ccccc43)c2O)c(O)c(-n2c3ccccc3c3ccccc32)c1.[CH2-]c1ccccc1.[CH2-]c1ccccc1.[Zr+2]. The van der Waals surface area contributed by atoms with Gasteiger partial charge < -0.3 is 28.8 Å². The molecule has 6 nitrogen and oxygen atoms in total. The van der Waals surface area contributed by atoms with E-state index in [0.29, 0.717) is 25.0 Å². The fraction of sp³-hybridized carbons (Fsp3) is 0.139. The van der Waals surface area contributed by atoms with Crippen LogP contribution < -0.4 is 0 Å². The molecule has 2 atom stereocenters. The van der Waals surface area contributed by atoms with E-state index in [1.807, 2.05) is 84.9 Å². The zero-order chi connectivity index (χ0) is 53.5. The molecule has 0 saturated heterocycles. The van der Waals surface area contributed by atoms with E-state index in [9.17, 15) is 10.2 Å². The molecule has 12 aromatic rings. The Bertz CT molecular complexity index is 3660. The molecule has 1 fully saturated rings. The number of phenolic OH excluding ortho intramolecular Hbond substituents is 2. The summed E-state index contributed by atoms with van der Waals surface area (Å²) in [6, 6.07) is 78.2. The van der Waals surface area contributed by atoms with Gasteiger partial charge in [-0.25, -0.2) is 0 Å². The molecule has 390 valence electrons. The van der Waals surface area contributed by atoms with Crippen molar-refractivity contribution < 1.29 is 45.9 Å². The number of benzene rings is 10. The molecule has 79 heavy (non-hydrogen) atoms. The van der Waals surface area contributed by atoms with Gasteiger partial charge >= 0.3 is 26.2 Å². The summed E-state index contributed by atoms with van der Waals surface area (Å²) in [6.07, 6.45) is 4.56. The quantitative estimate of drug-likeness (QED) is 0.106. The number of ether oxygens (including phenoxy) is 2. The van der Waals surface area contributed by atoms with Gasteiger partial charge in [0.05, 0.1) is 44.6 Å². The van der Waals surface area contributed by atoms with Crippen molar-refractivity contribution in [1.29, 1.82) is 0 Å². The maximum Gasteiger partial charge on any atom is 2.00 e. The standard InChI is InChI=1S/C58H50N2O4.2C7H7.Zr/c1-37-31-47(57(61)53(33-37)59-49-25-11-5-19-41(49)42-20-6-12-26-50(42)59)45-23-9-15-29-55(45)63-35-39-17-3-4-18-40(39)36-64-56-30-16-10-24-46(56)48-32-38(2)34-54(58(48)62)60-51-27-13-7-21-43(51)44-22-8-14-28-52(44)60;2*1-7-5-3-2-4-6-7;/h5-16,19-34,39-40,61-62H,3-4,17-18,35-36H2,1-2H3;2*2-6H,1H2;/q;2*-1;+2/p+2. The van der Waals surface area contributed by atoms with E-state index in [2.05, 4.69) is 182 Å². The molecule has 0 spiro atoms. The monoisotopic (exact) mass is 1110 g/mol. The smallest absolute Gasteiger partial charge is 0.582 e. The topological polar surface area (TPSA) is 75.9 Å². The zero-order valence-corrected chi connectivity index (χ0v) is 47.4. The number of aliphatic hydroxyl groups is 2. The second-order valence-corrected chi connectivity index (χ2v) is 20.6. The van der Waals surface area contributed by atoms with Crippen molar-refractivity contribution in [3.05, 3.63) is 267 Å². The molecular weight excluding hydrogens is 1050 g/mol. The summed E-state index contributed by atoms with van der Waals surface area (Å²) in [5.41, 5.74) is 13.5. The average molecular weight is 1110 g/mol. The average Bonchev–Trinajstić information content (AvgIpc) is 4.24. The number of para-hydroxylation sites is 6. The van der Waals surface area contributed by atoms with Crippen molar-refractivity contribution in [2.45, 2.75) is 39.5 Å². The number of hydrogen-bond donors (Lipinski definition) is 2. The molecule has 10 aromatic carbocycles. The molecule has 0 aliphatic heterocycles. The summed E-state index contributed by atoms with van der Waals surface area (Å²) >= 11 is 0. The normalized spacial score (nSPS) is 13.9. The van der Waals surface area contributed by atoms with E-state index >= 15 is 0 Å². The molecule has 0 bridgehead atoms. The van der Waals surface area contributed by atoms with Crippen LogP contribution in [0.15, 0.2) is 231 Å². The predicted molar refractivity (Wildman–Crippen MR) is 326 cm³/mol. The Labute approximate surface area is 483 Å². The number of hydrogen-bond acceptors (Lipinski definition) is 2. The molecule has 2 unspecified atom stereocenters. The molecule has 1 saturated carbocycles. The van der Waals surface area contributed by atoms with Crippen molar-refractivity contribution in [3.63, 3.8) is 0 Å². The maximum atomic E-state index is 12.2. The maximum absolute atomic E-state index is 12.2. The number of phenols is 2. The minimum absolute atomic E-state index is 0. The first-order valence-electron chi connectivity index (χ1n) is 27.1. The number of nitrogens with zero attached hydrogens (tertiary/aromatic N) is 2. The molecule has 7 heteroatoms. The summed E-state index contributed by atoms with van der Waals surface area (Å²) in [6.45, 7) is 13.0. The van der Waals surface area contributed by atoms with Crippen LogP contribution in [0, 0.1) is 39.5 Å². The van der Waals surface area contributed by atoms with Gasteiger partial charge in [0.2, 0.25) is 0 Å². The predicted octanol–water partition coefficient (Wildman–Crippen LogP) is 18.0. The van der Waals surface area contributed by atoms with Gasteiger partial charge in [-0.15, -0.1) is 24.3 Å². The Morgan fingerprint density at radius 1 is 0.392 bits per heavy atom. The van der Waals surface area contributed by atoms with Crippen LogP contribution in [0.4, 0.5) is 0 Å². The van der Waals surface area contributed by atoms with Gasteiger partial charge in [0.25, 0.3) is 11.5 Å². The Morgan fingerprint density at radius 2 is 0.696 bits per heavy atom. The minimum atomic E-state index is 0. The summed E-state index contributed by atoms with van der Waals surface area (Å²) in [5.74, 6) is 3.00. The van der Waals surface area contributed by atoms with Gasteiger partial charge in [0.1, 0.15) is 11.5 Å². The van der Waals surface area contributed by atoms with Gasteiger partial charge in [-0.3, -0.25) is 0 Å². The van der Waals surface area contributed by atoms with Crippen LogP contribution in [0.5, 0.6) is 23.0 Å². The molecule has 13 rings (SSSR count). The minimum Gasteiger partial charge on any atom is -0.582 e. The largest absolute Gasteiger partial charge is 2.00 e. The van der Waals surface area contributed by atoms with E-state index in [1.54, 1.807) is 0 Å². The van der Waals surface area contributed by atoms with Gasteiger partial charge in [0.15, 0.2) is 13.2 Å². The van der Waals surface area contributed by atoms with Crippen molar-refractivity contribution >= 4 is 43.6 Å². The molecule has 1 aliphatic carbocycles. The summed E-state index contributed by atoms with van der Waals surface area (Å²) in [7, 11) is 0. The number of aromatic nitrogens is 2. The molecule has 0 amide bonds. The number of aromatic hydroxyl groups is 4. The molecule has 4 N–H and O–H groups in total.